The first-order valence-corrected chi connectivity index (χ1v) is 12.4. The van der Waals surface area contributed by atoms with Crippen LogP contribution >= 0.6 is 11.8 Å². The first-order chi connectivity index (χ1) is 14.4. The molecule has 1 aliphatic rings. The molecule has 162 valence electrons. The Morgan fingerprint density at radius 3 is 2.40 bits per heavy atom. The summed E-state index contributed by atoms with van der Waals surface area (Å²) in [5.74, 6) is -0.245. The van der Waals surface area contributed by atoms with Crippen molar-refractivity contribution >= 4 is 33.4 Å². The van der Waals surface area contributed by atoms with Crippen LogP contribution < -0.4 is 10.0 Å². The SMILES string of the molecule is CSc1ccc(S(=O)(=O)NCc2ccc(CN3CCOCC3)cc2)cc1NC(C)=O. The molecule has 2 aromatic rings. The molecule has 30 heavy (non-hydrogen) atoms. The van der Waals surface area contributed by atoms with Gasteiger partial charge in [-0.3, -0.25) is 9.69 Å². The molecular weight excluding hydrogens is 422 g/mol. The van der Waals surface area contributed by atoms with Crippen molar-refractivity contribution in [1.82, 2.24) is 9.62 Å². The van der Waals surface area contributed by atoms with Crippen molar-refractivity contribution in [3.63, 3.8) is 0 Å². The second-order valence-electron chi connectivity index (χ2n) is 7.07. The number of hydrogen-bond acceptors (Lipinski definition) is 6. The molecule has 2 N–H and O–H groups in total. The average molecular weight is 450 g/mol. The fourth-order valence-electron chi connectivity index (χ4n) is 3.18. The van der Waals surface area contributed by atoms with Crippen molar-refractivity contribution in [2.45, 2.75) is 29.8 Å². The summed E-state index contributed by atoms with van der Waals surface area (Å²) in [5, 5.41) is 2.69. The molecule has 2 aromatic carbocycles. The van der Waals surface area contributed by atoms with Gasteiger partial charge >= 0.3 is 0 Å². The van der Waals surface area contributed by atoms with Crippen molar-refractivity contribution in [2.75, 3.05) is 37.9 Å². The maximum atomic E-state index is 12.7. The predicted molar refractivity (Wildman–Crippen MR) is 119 cm³/mol. The van der Waals surface area contributed by atoms with Gasteiger partial charge in [0.05, 0.1) is 23.8 Å². The van der Waals surface area contributed by atoms with Gasteiger partial charge in [0.2, 0.25) is 15.9 Å². The first kappa shape index (κ1) is 22.8. The van der Waals surface area contributed by atoms with E-state index in [1.165, 1.54) is 30.3 Å². The molecule has 0 bridgehead atoms. The number of nitrogens with zero attached hydrogens (tertiary/aromatic N) is 1. The average Bonchev–Trinajstić information content (AvgIpc) is 2.73. The van der Waals surface area contributed by atoms with Crippen LogP contribution in [0.3, 0.4) is 0 Å². The van der Waals surface area contributed by atoms with Gasteiger partial charge < -0.3 is 10.1 Å². The summed E-state index contributed by atoms with van der Waals surface area (Å²) in [6.45, 7) is 5.84. The minimum atomic E-state index is -3.71. The van der Waals surface area contributed by atoms with E-state index in [1.807, 2.05) is 30.5 Å². The second kappa shape index (κ2) is 10.4. The lowest BCUT2D eigenvalue weighted by Gasteiger charge is -2.26. The number of anilines is 1. The number of benzene rings is 2. The van der Waals surface area contributed by atoms with E-state index in [0.29, 0.717) is 5.69 Å². The van der Waals surface area contributed by atoms with Crippen LogP contribution in [0.15, 0.2) is 52.3 Å². The number of morpholine rings is 1. The fraction of sp³-hybridized carbons (Fsp3) is 0.381. The highest BCUT2D eigenvalue weighted by molar-refractivity contribution is 7.98. The Morgan fingerprint density at radius 2 is 1.77 bits per heavy atom. The minimum absolute atomic E-state index is 0.119. The summed E-state index contributed by atoms with van der Waals surface area (Å²) in [6, 6.07) is 12.7. The summed E-state index contributed by atoms with van der Waals surface area (Å²) in [6.07, 6.45) is 1.87. The Labute approximate surface area is 182 Å². The van der Waals surface area contributed by atoms with E-state index in [9.17, 15) is 13.2 Å². The lowest BCUT2D eigenvalue weighted by Crippen LogP contribution is -2.35. The Hall–Kier alpha value is -1.91. The maximum Gasteiger partial charge on any atom is 0.240 e. The van der Waals surface area contributed by atoms with Crippen LogP contribution in [-0.4, -0.2) is 51.8 Å². The second-order valence-corrected chi connectivity index (χ2v) is 9.69. The van der Waals surface area contributed by atoms with Crippen LogP contribution in [0.4, 0.5) is 5.69 Å². The van der Waals surface area contributed by atoms with E-state index in [-0.39, 0.29) is 17.3 Å². The number of carbonyl (C=O) groups excluding carboxylic acids is 1. The lowest BCUT2D eigenvalue weighted by atomic mass is 10.1. The highest BCUT2D eigenvalue weighted by atomic mass is 32.2. The van der Waals surface area contributed by atoms with Gasteiger partial charge in [-0.15, -0.1) is 11.8 Å². The standard InChI is InChI=1S/C21H27N3O4S2/c1-16(25)23-20-13-19(7-8-21(20)29-2)30(26,27)22-14-17-3-5-18(6-4-17)15-24-9-11-28-12-10-24/h3-8,13,22H,9-12,14-15H2,1-2H3,(H,23,25). The zero-order valence-electron chi connectivity index (χ0n) is 17.2. The number of carbonyl (C=O) groups is 1. The van der Waals surface area contributed by atoms with E-state index in [1.54, 1.807) is 12.1 Å². The van der Waals surface area contributed by atoms with E-state index < -0.39 is 10.0 Å². The van der Waals surface area contributed by atoms with Gasteiger partial charge in [0.1, 0.15) is 0 Å². The summed E-state index contributed by atoms with van der Waals surface area (Å²) in [5.41, 5.74) is 2.56. The minimum Gasteiger partial charge on any atom is -0.379 e. The topological polar surface area (TPSA) is 87.7 Å². The van der Waals surface area contributed by atoms with Crippen LogP contribution in [0.25, 0.3) is 0 Å². The third-order valence-electron chi connectivity index (χ3n) is 4.79. The molecule has 0 saturated carbocycles. The molecular formula is C21H27N3O4S2. The quantitative estimate of drug-likeness (QED) is 0.603. The molecule has 0 aromatic heterocycles. The summed E-state index contributed by atoms with van der Waals surface area (Å²) in [4.78, 5) is 14.7. The third kappa shape index (κ3) is 6.29. The molecule has 1 aliphatic heterocycles. The predicted octanol–water partition coefficient (Wildman–Crippen LogP) is 2.68. The number of hydrogen-bond donors (Lipinski definition) is 2. The molecule has 1 heterocycles. The zero-order valence-corrected chi connectivity index (χ0v) is 18.8. The van der Waals surface area contributed by atoms with E-state index in [0.717, 1.165) is 43.3 Å². The monoisotopic (exact) mass is 449 g/mol. The number of sulfonamides is 1. The van der Waals surface area contributed by atoms with Gasteiger partial charge in [-0.05, 0) is 35.6 Å². The van der Waals surface area contributed by atoms with Crippen molar-refractivity contribution in [2.24, 2.45) is 0 Å². The van der Waals surface area contributed by atoms with Gasteiger partial charge in [0.25, 0.3) is 0 Å². The van der Waals surface area contributed by atoms with Crippen LogP contribution in [0.2, 0.25) is 0 Å². The van der Waals surface area contributed by atoms with E-state index in [4.69, 9.17) is 4.74 Å². The van der Waals surface area contributed by atoms with Gasteiger partial charge in [-0.1, -0.05) is 24.3 Å². The largest absolute Gasteiger partial charge is 0.379 e. The Balaban J connectivity index is 1.63. The van der Waals surface area contributed by atoms with Gasteiger partial charge in [0, 0.05) is 38.0 Å². The fourth-order valence-corrected chi connectivity index (χ4v) is 4.76. The highest BCUT2D eigenvalue weighted by Crippen LogP contribution is 2.28. The molecule has 0 radical (unpaired) electrons. The van der Waals surface area contributed by atoms with E-state index in [2.05, 4.69) is 14.9 Å². The zero-order chi connectivity index (χ0) is 21.6. The summed E-state index contributed by atoms with van der Waals surface area (Å²) in [7, 11) is -3.71. The summed E-state index contributed by atoms with van der Waals surface area (Å²) < 4.78 is 33.5. The number of thioether (sulfide) groups is 1. The van der Waals surface area contributed by atoms with Crippen LogP contribution in [0, 0.1) is 0 Å². The molecule has 7 nitrogen and oxygen atoms in total. The van der Waals surface area contributed by atoms with Crippen molar-refractivity contribution in [3.05, 3.63) is 53.6 Å². The Morgan fingerprint density at radius 1 is 1.10 bits per heavy atom. The highest BCUT2D eigenvalue weighted by Gasteiger charge is 2.17. The van der Waals surface area contributed by atoms with E-state index >= 15 is 0 Å². The summed E-state index contributed by atoms with van der Waals surface area (Å²) >= 11 is 1.44. The molecule has 1 fully saturated rings. The van der Waals surface area contributed by atoms with Gasteiger partial charge in [-0.2, -0.15) is 0 Å². The third-order valence-corrected chi connectivity index (χ3v) is 6.99. The van der Waals surface area contributed by atoms with Crippen molar-refractivity contribution < 1.29 is 17.9 Å². The Kier molecular flexibility index (Phi) is 7.90. The maximum absolute atomic E-state index is 12.7. The normalized spacial score (nSPS) is 15.1. The molecule has 0 spiro atoms. The molecule has 0 aliphatic carbocycles. The smallest absolute Gasteiger partial charge is 0.240 e. The van der Waals surface area contributed by atoms with Gasteiger partial charge in [-0.25, -0.2) is 13.1 Å². The molecule has 3 rings (SSSR count). The Bertz CT molecular complexity index is 972. The molecule has 0 unspecified atom stereocenters. The molecule has 1 amide bonds. The molecule has 1 saturated heterocycles. The van der Waals surface area contributed by atoms with Gasteiger partial charge in [0.15, 0.2) is 0 Å². The molecule has 0 atom stereocenters. The van der Waals surface area contributed by atoms with Crippen LogP contribution in [0.1, 0.15) is 18.1 Å². The van der Waals surface area contributed by atoms with Crippen LogP contribution in [-0.2, 0) is 32.6 Å². The number of rotatable bonds is 8. The number of amides is 1. The van der Waals surface area contributed by atoms with Crippen LogP contribution in [0.5, 0.6) is 0 Å². The van der Waals surface area contributed by atoms with Crippen molar-refractivity contribution in [3.8, 4) is 0 Å². The number of nitrogens with one attached hydrogen (secondary N) is 2. The number of ether oxygens (including phenoxy) is 1. The lowest BCUT2D eigenvalue weighted by molar-refractivity contribution is -0.114. The van der Waals surface area contributed by atoms with Crippen molar-refractivity contribution in [1.29, 1.82) is 0 Å². The molecule has 9 heteroatoms. The first-order valence-electron chi connectivity index (χ1n) is 9.70.